The average molecular weight is 207 g/mol. The Labute approximate surface area is 92.7 Å². The monoisotopic (exact) mass is 207 g/mol. The summed E-state index contributed by atoms with van der Waals surface area (Å²) < 4.78 is 0. The van der Waals surface area contributed by atoms with Crippen LogP contribution in [0.5, 0.6) is 0 Å². The van der Waals surface area contributed by atoms with Crippen LogP contribution >= 0.6 is 0 Å². The molecule has 0 aliphatic rings. The van der Waals surface area contributed by atoms with Crippen molar-refractivity contribution in [2.75, 3.05) is 6.61 Å². The Morgan fingerprint density at radius 2 is 1.93 bits per heavy atom. The predicted molar refractivity (Wildman–Crippen MR) is 66.5 cm³/mol. The largest absolute Gasteiger partial charge is 0.394 e. The molecule has 0 aromatic rings. The number of aliphatic hydroxyl groups is 1. The lowest BCUT2D eigenvalue weighted by atomic mass is 10.0. The molecule has 0 radical (unpaired) electrons. The smallest absolute Gasteiger partial charge is 0.0656 e. The molecule has 0 aromatic heterocycles. The lowest BCUT2D eigenvalue weighted by molar-refractivity contribution is 0.199. The average Bonchev–Trinajstić information content (AvgIpc) is 2.16. The SMILES string of the molecule is C=CC(=C)/C=C(\C)C(=C)NC(C)(C)CO. The van der Waals surface area contributed by atoms with Gasteiger partial charge in [0.1, 0.15) is 0 Å². The minimum absolute atomic E-state index is 0.0572. The van der Waals surface area contributed by atoms with Gasteiger partial charge in [0.25, 0.3) is 0 Å². The van der Waals surface area contributed by atoms with Gasteiger partial charge in [0, 0.05) is 5.70 Å². The maximum Gasteiger partial charge on any atom is 0.0656 e. The van der Waals surface area contributed by atoms with E-state index >= 15 is 0 Å². The zero-order chi connectivity index (χ0) is 12.1. The van der Waals surface area contributed by atoms with Gasteiger partial charge in [-0.25, -0.2) is 0 Å². The van der Waals surface area contributed by atoms with E-state index in [0.29, 0.717) is 0 Å². The van der Waals surface area contributed by atoms with E-state index < -0.39 is 0 Å². The fourth-order valence-corrected chi connectivity index (χ4v) is 0.971. The molecule has 0 aliphatic carbocycles. The normalized spacial score (nSPS) is 12.1. The molecule has 0 fully saturated rings. The highest BCUT2D eigenvalue weighted by Crippen LogP contribution is 2.12. The van der Waals surface area contributed by atoms with Crippen LogP contribution in [0.3, 0.4) is 0 Å². The first-order valence-electron chi connectivity index (χ1n) is 4.90. The van der Waals surface area contributed by atoms with Crippen LogP contribution in [-0.4, -0.2) is 17.3 Å². The predicted octanol–water partition coefficient (Wildman–Crippen LogP) is 2.55. The number of hydrogen-bond acceptors (Lipinski definition) is 2. The van der Waals surface area contributed by atoms with E-state index in [9.17, 15) is 0 Å². The summed E-state index contributed by atoms with van der Waals surface area (Å²) >= 11 is 0. The Morgan fingerprint density at radius 3 is 2.33 bits per heavy atom. The zero-order valence-corrected chi connectivity index (χ0v) is 9.93. The van der Waals surface area contributed by atoms with E-state index in [1.54, 1.807) is 6.08 Å². The van der Waals surface area contributed by atoms with Crippen LogP contribution in [0.1, 0.15) is 20.8 Å². The summed E-state index contributed by atoms with van der Waals surface area (Å²) in [6.07, 6.45) is 3.59. The first kappa shape index (κ1) is 13.7. The standard InChI is InChI=1S/C13H21NO/c1-7-10(2)8-11(3)12(4)14-13(5,6)9-15/h7-8,14-15H,1-2,4,9H2,3,5-6H3/b11-8+. The van der Waals surface area contributed by atoms with Gasteiger partial charge in [-0.3, -0.25) is 0 Å². The van der Waals surface area contributed by atoms with Gasteiger partial charge >= 0.3 is 0 Å². The van der Waals surface area contributed by atoms with Crippen molar-refractivity contribution < 1.29 is 5.11 Å². The maximum absolute atomic E-state index is 9.10. The lowest BCUT2D eigenvalue weighted by Gasteiger charge is -2.26. The molecule has 15 heavy (non-hydrogen) atoms. The highest BCUT2D eigenvalue weighted by atomic mass is 16.3. The summed E-state index contributed by atoms with van der Waals surface area (Å²) in [7, 11) is 0. The molecule has 0 saturated carbocycles. The first-order valence-corrected chi connectivity index (χ1v) is 4.90. The van der Waals surface area contributed by atoms with Crippen LogP contribution in [-0.2, 0) is 0 Å². The van der Waals surface area contributed by atoms with Gasteiger partial charge in [-0.1, -0.05) is 31.9 Å². The molecule has 2 nitrogen and oxygen atoms in total. The summed E-state index contributed by atoms with van der Waals surface area (Å²) in [4.78, 5) is 0. The molecule has 0 unspecified atom stereocenters. The minimum atomic E-state index is -0.359. The van der Waals surface area contributed by atoms with Crippen LogP contribution in [0.4, 0.5) is 0 Å². The van der Waals surface area contributed by atoms with Crippen molar-refractivity contribution in [2.45, 2.75) is 26.3 Å². The number of hydrogen-bond donors (Lipinski definition) is 2. The molecule has 0 aliphatic heterocycles. The number of aliphatic hydroxyl groups excluding tert-OH is 1. The van der Waals surface area contributed by atoms with Gasteiger partial charge in [0.2, 0.25) is 0 Å². The summed E-state index contributed by atoms with van der Waals surface area (Å²) in [6, 6.07) is 0. The van der Waals surface area contributed by atoms with Crippen molar-refractivity contribution in [2.24, 2.45) is 0 Å². The van der Waals surface area contributed by atoms with Crippen molar-refractivity contribution in [1.29, 1.82) is 0 Å². The molecule has 0 heterocycles. The summed E-state index contributed by atoms with van der Waals surface area (Å²) in [5, 5.41) is 12.2. The molecule has 0 spiro atoms. The summed E-state index contributed by atoms with van der Waals surface area (Å²) in [6.45, 7) is 17.2. The van der Waals surface area contributed by atoms with Crippen LogP contribution in [0.2, 0.25) is 0 Å². The third-order valence-corrected chi connectivity index (χ3v) is 2.02. The van der Waals surface area contributed by atoms with Gasteiger partial charge in [0.15, 0.2) is 0 Å². The number of nitrogens with one attached hydrogen (secondary N) is 1. The van der Waals surface area contributed by atoms with E-state index in [1.165, 1.54) is 0 Å². The van der Waals surface area contributed by atoms with E-state index in [4.69, 9.17) is 5.11 Å². The molecule has 0 saturated heterocycles. The molecule has 2 heteroatoms. The molecule has 0 amide bonds. The zero-order valence-electron chi connectivity index (χ0n) is 9.93. The summed E-state index contributed by atoms with van der Waals surface area (Å²) in [5.41, 5.74) is 2.26. The number of rotatable bonds is 6. The lowest BCUT2D eigenvalue weighted by Crippen LogP contribution is -2.41. The Bertz CT molecular complexity index is 298. The van der Waals surface area contributed by atoms with Crippen molar-refractivity contribution in [3.63, 3.8) is 0 Å². The molecular weight excluding hydrogens is 186 g/mol. The first-order chi connectivity index (χ1) is 6.82. The van der Waals surface area contributed by atoms with E-state index in [0.717, 1.165) is 16.8 Å². The van der Waals surface area contributed by atoms with E-state index in [1.807, 2.05) is 26.8 Å². The van der Waals surface area contributed by atoms with Gasteiger partial charge in [-0.2, -0.15) is 0 Å². The van der Waals surface area contributed by atoms with Gasteiger partial charge < -0.3 is 10.4 Å². The molecule has 0 aromatic carbocycles. The second-order valence-electron chi connectivity index (χ2n) is 4.25. The second-order valence-corrected chi connectivity index (χ2v) is 4.25. The van der Waals surface area contributed by atoms with Gasteiger partial charge in [0.05, 0.1) is 12.1 Å². The quantitative estimate of drug-likeness (QED) is 0.656. The summed E-state index contributed by atoms with van der Waals surface area (Å²) in [5.74, 6) is 0. The number of allylic oxidation sites excluding steroid dienone is 4. The van der Waals surface area contributed by atoms with Crippen LogP contribution < -0.4 is 5.32 Å². The van der Waals surface area contributed by atoms with Crippen molar-refractivity contribution in [3.05, 3.63) is 48.7 Å². The van der Waals surface area contributed by atoms with Crippen molar-refractivity contribution in [1.82, 2.24) is 5.32 Å². The van der Waals surface area contributed by atoms with Crippen molar-refractivity contribution in [3.8, 4) is 0 Å². The van der Waals surface area contributed by atoms with E-state index in [2.05, 4.69) is 25.1 Å². The minimum Gasteiger partial charge on any atom is -0.394 e. The molecule has 84 valence electrons. The second kappa shape index (κ2) is 5.56. The molecule has 0 bridgehead atoms. The van der Waals surface area contributed by atoms with Gasteiger partial charge in [-0.05, 0) is 31.9 Å². The third-order valence-electron chi connectivity index (χ3n) is 2.02. The Balaban J connectivity index is 4.53. The Kier molecular flexibility index (Phi) is 5.09. The maximum atomic E-state index is 9.10. The Morgan fingerprint density at radius 1 is 1.40 bits per heavy atom. The molecule has 0 rings (SSSR count). The van der Waals surface area contributed by atoms with Crippen molar-refractivity contribution >= 4 is 0 Å². The fraction of sp³-hybridized carbons (Fsp3) is 0.385. The molecule has 0 atom stereocenters. The highest BCUT2D eigenvalue weighted by molar-refractivity contribution is 5.36. The van der Waals surface area contributed by atoms with Crippen LogP contribution in [0, 0.1) is 0 Å². The van der Waals surface area contributed by atoms with E-state index in [-0.39, 0.29) is 12.1 Å². The highest BCUT2D eigenvalue weighted by Gasteiger charge is 2.16. The van der Waals surface area contributed by atoms with Crippen LogP contribution in [0.25, 0.3) is 0 Å². The third kappa shape index (κ3) is 5.23. The molecule has 2 N–H and O–H groups in total. The van der Waals surface area contributed by atoms with Gasteiger partial charge in [-0.15, -0.1) is 0 Å². The Hall–Kier alpha value is -1.28. The fourth-order valence-electron chi connectivity index (χ4n) is 0.971. The molecular formula is C13H21NO. The van der Waals surface area contributed by atoms with Crippen LogP contribution in [0.15, 0.2) is 48.7 Å². The topological polar surface area (TPSA) is 32.3 Å².